The summed E-state index contributed by atoms with van der Waals surface area (Å²) in [6.45, 7) is 0. The zero-order valence-electron chi connectivity index (χ0n) is 11.3. The van der Waals surface area contributed by atoms with Gasteiger partial charge in [-0.3, -0.25) is 4.79 Å². The Morgan fingerprint density at radius 2 is 2.14 bits per heavy atom. The van der Waals surface area contributed by atoms with Crippen LogP contribution in [0.2, 0.25) is 0 Å². The van der Waals surface area contributed by atoms with E-state index in [1.165, 1.54) is 19.2 Å². The van der Waals surface area contributed by atoms with Crippen LogP contribution >= 0.6 is 0 Å². The van der Waals surface area contributed by atoms with Crippen molar-refractivity contribution in [3.63, 3.8) is 0 Å². The zero-order chi connectivity index (χ0) is 15.4. The summed E-state index contributed by atoms with van der Waals surface area (Å²) in [5, 5.41) is 11.8. The summed E-state index contributed by atoms with van der Waals surface area (Å²) < 4.78 is 5.20. The average Bonchev–Trinajstić information content (AvgIpc) is 2.49. The highest BCUT2D eigenvalue weighted by Gasteiger charge is 2.10. The average molecular weight is 283 g/mol. The van der Waals surface area contributed by atoms with Crippen molar-refractivity contribution in [2.45, 2.75) is 0 Å². The second-order valence-corrected chi connectivity index (χ2v) is 4.15. The van der Waals surface area contributed by atoms with Crippen LogP contribution in [0.4, 0.5) is 17.2 Å². The molecule has 0 atom stereocenters. The molecule has 106 valence electrons. The van der Waals surface area contributed by atoms with Gasteiger partial charge in [0.15, 0.2) is 5.82 Å². The lowest BCUT2D eigenvalue weighted by Gasteiger charge is -2.12. The predicted molar refractivity (Wildman–Crippen MR) is 78.2 cm³/mol. The van der Waals surface area contributed by atoms with E-state index in [0.717, 1.165) is 0 Å². The number of ether oxygens (including phenoxy) is 1. The Morgan fingerprint density at radius 3 is 2.76 bits per heavy atom. The summed E-state index contributed by atoms with van der Waals surface area (Å²) in [7, 11) is 1.48. The molecule has 0 bridgehead atoms. The van der Waals surface area contributed by atoms with Crippen molar-refractivity contribution >= 4 is 23.1 Å². The van der Waals surface area contributed by atoms with Crippen molar-refractivity contribution < 1.29 is 9.53 Å². The van der Waals surface area contributed by atoms with Crippen LogP contribution in [0.15, 0.2) is 30.3 Å². The smallest absolute Gasteiger partial charge is 0.267 e. The number of hydrogen-bond donors (Lipinski definition) is 3. The van der Waals surface area contributed by atoms with E-state index >= 15 is 0 Å². The number of nitrogens with one attached hydrogen (secondary N) is 1. The summed E-state index contributed by atoms with van der Waals surface area (Å²) in [5.74, 6) is 0.0962. The number of carbonyl (C=O) groups is 1. The van der Waals surface area contributed by atoms with E-state index in [1.807, 2.05) is 6.07 Å². The number of carbonyl (C=O) groups excluding carboxylic acids is 1. The number of nitriles is 1. The summed E-state index contributed by atoms with van der Waals surface area (Å²) in [5.41, 5.74) is 12.5. The van der Waals surface area contributed by atoms with Gasteiger partial charge in [-0.25, -0.2) is 4.98 Å². The molecule has 2 rings (SSSR count). The van der Waals surface area contributed by atoms with E-state index < -0.39 is 5.91 Å². The van der Waals surface area contributed by atoms with Crippen LogP contribution in [-0.2, 0) is 0 Å². The minimum absolute atomic E-state index is 0.0966. The fourth-order valence-corrected chi connectivity index (χ4v) is 1.70. The molecule has 0 aliphatic rings. The topological polar surface area (TPSA) is 127 Å². The second-order valence-electron chi connectivity index (χ2n) is 4.15. The third-order valence-corrected chi connectivity index (χ3v) is 2.76. The summed E-state index contributed by atoms with van der Waals surface area (Å²) >= 11 is 0. The van der Waals surface area contributed by atoms with Gasteiger partial charge in [0.25, 0.3) is 5.91 Å². The Kier molecular flexibility index (Phi) is 3.90. The van der Waals surface area contributed by atoms with Gasteiger partial charge in [0.05, 0.1) is 30.1 Å². The zero-order valence-corrected chi connectivity index (χ0v) is 11.3. The first-order valence-corrected chi connectivity index (χ1v) is 5.96. The minimum Gasteiger partial charge on any atom is -0.495 e. The maximum absolute atomic E-state index is 11.2. The van der Waals surface area contributed by atoms with E-state index in [2.05, 4.69) is 10.3 Å². The number of nitrogens with zero attached hydrogens (tertiary/aromatic N) is 2. The lowest BCUT2D eigenvalue weighted by Crippen LogP contribution is -2.14. The predicted octanol–water partition coefficient (Wildman–Crippen LogP) is 1.39. The molecule has 2 aromatic rings. The molecule has 0 radical (unpaired) electrons. The Morgan fingerprint density at radius 1 is 1.38 bits per heavy atom. The molecule has 0 aliphatic heterocycles. The number of hydrogen-bond acceptors (Lipinski definition) is 6. The number of nitrogen functional groups attached to an aromatic ring is 1. The molecule has 0 fully saturated rings. The molecule has 0 unspecified atom stereocenters. The van der Waals surface area contributed by atoms with Gasteiger partial charge in [-0.1, -0.05) is 0 Å². The number of methoxy groups -OCH3 is 1. The molecule has 1 amide bonds. The molecule has 7 nitrogen and oxygen atoms in total. The number of rotatable bonds is 4. The normalized spacial score (nSPS) is 9.71. The van der Waals surface area contributed by atoms with E-state index in [0.29, 0.717) is 22.7 Å². The van der Waals surface area contributed by atoms with Crippen molar-refractivity contribution in [3.05, 3.63) is 41.6 Å². The van der Waals surface area contributed by atoms with Gasteiger partial charge in [0.1, 0.15) is 11.4 Å². The number of amides is 1. The minimum atomic E-state index is -0.648. The molecule has 21 heavy (non-hydrogen) atoms. The number of aromatic nitrogens is 1. The van der Waals surface area contributed by atoms with Crippen molar-refractivity contribution in [2.75, 3.05) is 18.2 Å². The van der Waals surface area contributed by atoms with Crippen LogP contribution in [0.25, 0.3) is 0 Å². The van der Waals surface area contributed by atoms with Crippen LogP contribution < -0.4 is 21.5 Å². The Hall–Kier alpha value is -3.27. The first-order valence-electron chi connectivity index (χ1n) is 5.96. The van der Waals surface area contributed by atoms with Crippen LogP contribution in [0.3, 0.4) is 0 Å². The summed E-state index contributed by atoms with van der Waals surface area (Å²) in [4.78, 5) is 15.2. The van der Waals surface area contributed by atoms with Crippen LogP contribution in [0.1, 0.15) is 16.1 Å². The van der Waals surface area contributed by atoms with Crippen LogP contribution in [-0.4, -0.2) is 18.0 Å². The molecule has 0 saturated heterocycles. The first-order chi connectivity index (χ1) is 10.0. The maximum atomic E-state index is 11.2. The highest BCUT2D eigenvalue weighted by Crippen LogP contribution is 2.30. The van der Waals surface area contributed by atoms with Crippen molar-refractivity contribution in [2.24, 2.45) is 5.73 Å². The number of anilines is 3. The number of benzene rings is 1. The lowest BCUT2D eigenvalue weighted by atomic mass is 10.2. The Balaban J connectivity index is 2.40. The van der Waals surface area contributed by atoms with Gasteiger partial charge in [0.2, 0.25) is 0 Å². The molecule has 7 heteroatoms. The summed E-state index contributed by atoms with van der Waals surface area (Å²) in [6, 6.07) is 9.86. The van der Waals surface area contributed by atoms with E-state index in [9.17, 15) is 4.79 Å². The number of pyridine rings is 1. The Bertz CT molecular complexity index is 737. The first kappa shape index (κ1) is 14.1. The fraction of sp³-hybridized carbons (Fsp3) is 0.0714. The molecule has 1 aromatic heterocycles. The van der Waals surface area contributed by atoms with Gasteiger partial charge >= 0.3 is 0 Å². The molecule has 0 aliphatic carbocycles. The largest absolute Gasteiger partial charge is 0.495 e. The summed E-state index contributed by atoms with van der Waals surface area (Å²) in [6.07, 6.45) is 0. The number of nitrogens with two attached hydrogens (primary N) is 2. The van der Waals surface area contributed by atoms with Crippen LogP contribution in [0, 0.1) is 11.3 Å². The molecule has 0 saturated carbocycles. The molecule has 1 heterocycles. The Labute approximate surface area is 121 Å². The van der Waals surface area contributed by atoms with Gasteiger partial charge in [-0.2, -0.15) is 5.26 Å². The fourth-order valence-electron chi connectivity index (χ4n) is 1.70. The third kappa shape index (κ3) is 3.01. The van der Waals surface area contributed by atoms with Gasteiger partial charge < -0.3 is 21.5 Å². The SMILES string of the molecule is COc1cc(C#N)ccc1Nc1nc(C(N)=O)ccc1N. The maximum Gasteiger partial charge on any atom is 0.267 e. The third-order valence-electron chi connectivity index (χ3n) is 2.76. The molecule has 5 N–H and O–H groups in total. The monoisotopic (exact) mass is 283 g/mol. The van der Waals surface area contributed by atoms with Gasteiger partial charge in [-0.05, 0) is 24.3 Å². The van der Waals surface area contributed by atoms with E-state index in [-0.39, 0.29) is 11.5 Å². The molecular weight excluding hydrogens is 270 g/mol. The van der Waals surface area contributed by atoms with Gasteiger partial charge in [-0.15, -0.1) is 0 Å². The second kappa shape index (κ2) is 5.79. The highest BCUT2D eigenvalue weighted by molar-refractivity contribution is 5.92. The number of primary amides is 1. The molecule has 0 spiro atoms. The van der Waals surface area contributed by atoms with Crippen molar-refractivity contribution in [3.8, 4) is 11.8 Å². The van der Waals surface area contributed by atoms with Crippen LogP contribution in [0.5, 0.6) is 5.75 Å². The highest BCUT2D eigenvalue weighted by atomic mass is 16.5. The standard InChI is InChI=1S/C14H13N5O2/c1-21-12-6-8(7-15)2-4-10(12)18-14-9(16)3-5-11(19-14)13(17)20/h2-6H,16H2,1H3,(H2,17,20)(H,18,19). The van der Waals surface area contributed by atoms with Gasteiger partial charge in [0, 0.05) is 6.07 Å². The van der Waals surface area contributed by atoms with E-state index in [4.69, 9.17) is 21.5 Å². The van der Waals surface area contributed by atoms with Crippen molar-refractivity contribution in [1.29, 1.82) is 5.26 Å². The molecular formula is C14H13N5O2. The molecule has 1 aromatic carbocycles. The van der Waals surface area contributed by atoms with E-state index in [1.54, 1.807) is 18.2 Å². The van der Waals surface area contributed by atoms with Crippen molar-refractivity contribution in [1.82, 2.24) is 4.98 Å². The lowest BCUT2D eigenvalue weighted by molar-refractivity contribution is 0.0996. The quantitative estimate of drug-likeness (QED) is 0.778.